The van der Waals surface area contributed by atoms with Crippen LogP contribution in [-0.4, -0.2) is 28.9 Å². The van der Waals surface area contributed by atoms with Gasteiger partial charge in [-0.15, -0.1) is 0 Å². The SMILES string of the molecule is CCCC[C@H]1CC[C@H](CCCC(C)=O)N1C(=O)OCc1ccccc1. The van der Waals surface area contributed by atoms with Crippen LogP contribution in [0.4, 0.5) is 4.79 Å². The topological polar surface area (TPSA) is 46.6 Å². The first-order chi connectivity index (χ1) is 12.1. The van der Waals surface area contributed by atoms with Gasteiger partial charge in [0.05, 0.1) is 0 Å². The molecule has 1 saturated heterocycles. The van der Waals surface area contributed by atoms with Crippen molar-refractivity contribution in [2.75, 3.05) is 0 Å². The summed E-state index contributed by atoms with van der Waals surface area (Å²) < 4.78 is 5.60. The standard InChI is InChI=1S/C21H31NO3/c1-3-4-12-19-14-15-20(13-8-9-17(2)23)22(19)21(24)25-16-18-10-6-5-7-11-18/h5-7,10-11,19-20H,3-4,8-9,12-16H2,1-2H3/t19-,20-/m0/s1. The number of unbranched alkanes of at least 4 members (excludes halogenated alkanes) is 1. The zero-order valence-electron chi connectivity index (χ0n) is 15.6. The lowest BCUT2D eigenvalue weighted by atomic mass is 10.1. The fourth-order valence-corrected chi connectivity index (χ4v) is 3.65. The number of amides is 1. The molecule has 1 amide bonds. The fourth-order valence-electron chi connectivity index (χ4n) is 3.65. The average Bonchev–Trinajstić information content (AvgIpc) is 3.01. The highest BCUT2D eigenvalue weighted by Crippen LogP contribution is 2.31. The van der Waals surface area contributed by atoms with Crippen LogP contribution in [0.5, 0.6) is 0 Å². The van der Waals surface area contributed by atoms with E-state index >= 15 is 0 Å². The molecule has 1 aromatic rings. The molecule has 2 rings (SSSR count). The van der Waals surface area contributed by atoms with Crippen LogP contribution in [0.2, 0.25) is 0 Å². The van der Waals surface area contributed by atoms with Crippen LogP contribution < -0.4 is 0 Å². The van der Waals surface area contributed by atoms with Gasteiger partial charge in [-0.25, -0.2) is 4.79 Å². The van der Waals surface area contributed by atoms with Crippen molar-refractivity contribution < 1.29 is 14.3 Å². The van der Waals surface area contributed by atoms with E-state index in [2.05, 4.69) is 6.92 Å². The molecule has 25 heavy (non-hydrogen) atoms. The van der Waals surface area contributed by atoms with E-state index in [4.69, 9.17) is 4.74 Å². The van der Waals surface area contributed by atoms with Gasteiger partial charge in [-0.2, -0.15) is 0 Å². The minimum Gasteiger partial charge on any atom is -0.445 e. The van der Waals surface area contributed by atoms with Crippen molar-refractivity contribution >= 4 is 11.9 Å². The summed E-state index contributed by atoms with van der Waals surface area (Å²) in [5, 5.41) is 0. The lowest BCUT2D eigenvalue weighted by Gasteiger charge is -2.30. The Morgan fingerprint density at radius 3 is 2.32 bits per heavy atom. The lowest BCUT2D eigenvalue weighted by Crippen LogP contribution is -2.41. The van der Waals surface area contributed by atoms with Crippen LogP contribution in [0.1, 0.15) is 70.8 Å². The highest BCUT2D eigenvalue weighted by Gasteiger charge is 2.37. The number of rotatable bonds is 9. The molecule has 0 spiro atoms. The lowest BCUT2D eigenvalue weighted by molar-refractivity contribution is -0.117. The Labute approximate surface area is 151 Å². The van der Waals surface area contributed by atoms with Gasteiger partial charge in [-0.05, 0) is 44.6 Å². The third-order valence-electron chi connectivity index (χ3n) is 4.99. The van der Waals surface area contributed by atoms with Crippen molar-refractivity contribution in [1.82, 2.24) is 4.90 Å². The van der Waals surface area contributed by atoms with E-state index in [0.29, 0.717) is 13.0 Å². The summed E-state index contributed by atoms with van der Waals surface area (Å²) in [6.45, 7) is 4.12. The Kier molecular flexibility index (Phi) is 7.96. The van der Waals surface area contributed by atoms with Crippen LogP contribution >= 0.6 is 0 Å². The van der Waals surface area contributed by atoms with Gasteiger partial charge in [0, 0.05) is 18.5 Å². The van der Waals surface area contributed by atoms with Crippen molar-refractivity contribution in [3.8, 4) is 0 Å². The van der Waals surface area contributed by atoms with Crippen molar-refractivity contribution in [3.63, 3.8) is 0 Å². The molecule has 0 unspecified atom stereocenters. The summed E-state index contributed by atoms with van der Waals surface area (Å²) in [4.78, 5) is 25.9. The Morgan fingerprint density at radius 1 is 1.08 bits per heavy atom. The molecular formula is C21H31NO3. The molecule has 2 atom stereocenters. The quantitative estimate of drug-likeness (QED) is 0.625. The summed E-state index contributed by atoms with van der Waals surface area (Å²) in [5.74, 6) is 0.221. The van der Waals surface area contributed by atoms with Gasteiger partial charge in [0.15, 0.2) is 0 Å². The Bertz CT molecular complexity index is 543. The third-order valence-corrected chi connectivity index (χ3v) is 4.99. The molecule has 1 aromatic carbocycles. The zero-order valence-corrected chi connectivity index (χ0v) is 15.6. The smallest absolute Gasteiger partial charge is 0.410 e. The normalized spacial score (nSPS) is 19.8. The van der Waals surface area contributed by atoms with Crippen LogP contribution in [0.3, 0.4) is 0 Å². The van der Waals surface area contributed by atoms with Crippen molar-refractivity contribution in [2.45, 2.75) is 83.9 Å². The van der Waals surface area contributed by atoms with Gasteiger partial charge in [-0.3, -0.25) is 0 Å². The summed E-state index contributed by atoms with van der Waals surface area (Å²) in [6, 6.07) is 10.3. The van der Waals surface area contributed by atoms with E-state index in [1.54, 1.807) is 6.92 Å². The second-order valence-electron chi connectivity index (χ2n) is 7.07. The van der Waals surface area contributed by atoms with Crippen molar-refractivity contribution in [1.29, 1.82) is 0 Å². The van der Waals surface area contributed by atoms with Crippen LogP contribution in [0.25, 0.3) is 0 Å². The van der Waals surface area contributed by atoms with Crippen LogP contribution in [0, 0.1) is 0 Å². The monoisotopic (exact) mass is 345 g/mol. The first-order valence-electron chi connectivity index (χ1n) is 9.60. The number of Topliss-reactive ketones (excluding diaryl/α,β-unsaturated/α-hetero) is 1. The molecule has 0 bridgehead atoms. The molecule has 1 fully saturated rings. The van der Waals surface area contributed by atoms with E-state index in [-0.39, 0.29) is 24.0 Å². The maximum atomic E-state index is 12.7. The van der Waals surface area contributed by atoms with Crippen LogP contribution in [-0.2, 0) is 16.1 Å². The molecule has 1 aliphatic heterocycles. The second kappa shape index (κ2) is 10.2. The number of benzene rings is 1. The largest absolute Gasteiger partial charge is 0.445 e. The van der Waals surface area contributed by atoms with Gasteiger partial charge in [0.25, 0.3) is 0 Å². The van der Waals surface area contributed by atoms with Gasteiger partial charge >= 0.3 is 6.09 Å². The predicted octanol–water partition coefficient (Wildman–Crippen LogP) is 5.11. The average molecular weight is 345 g/mol. The maximum absolute atomic E-state index is 12.7. The van der Waals surface area contributed by atoms with E-state index in [0.717, 1.165) is 50.5 Å². The van der Waals surface area contributed by atoms with Crippen molar-refractivity contribution in [2.24, 2.45) is 0 Å². The predicted molar refractivity (Wildman–Crippen MR) is 99.3 cm³/mol. The third kappa shape index (κ3) is 6.18. The first kappa shape index (κ1) is 19.5. The Balaban J connectivity index is 1.94. The minimum atomic E-state index is -0.199. The van der Waals surface area contributed by atoms with E-state index in [1.807, 2.05) is 35.2 Å². The fraction of sp³-hybridized carbons (Fsp3) is 0.619. The molecule has 138 valence electrons. The van der Waals surface area contributed by atoms with E-state index in [1.165, 1.54) is 0 Å². The molecule has 0 saturated carbocycles. The molecule has 4 heteroatoms. The number of hydrogen-bond donors (Lipinski definition) is 0. The highest BCUT2D eigenvalue weighted by atomic mass is 16.6. The molecule has 0 radical (unpaired) electrons. The Morgan fingerprint density at radius 2 is 1.72 bits per heavy atom. The van der Waals surface area contributed by atoms with Gasteiger partial charge in [-0.1, -0.05) is 50.1 Å². The van der Waals surface area contributed by atoms with E-state index in [9.17, 15) is 9.59 Å². The molecule has 4 nitrogen and oxygen atoms in total. The summed E-state index contributed by atoms with van der Waals surface area (Å²) in [6.07, 6.45) is 7.52. The highest BCUT2D eigenvalue weighted by molar-refractivity contribution is 5.75. The maximum Gasteiger partial charge on any atom is 0.410 e. The number of nitrogens with zero attached hydrogens (tertiary/aromatic N) is 1. The number of ether oxygens (including phenoxy) is 1. The number of likely N-dealkylation sites (tertiary alicyclic amines) is 1. The molecule has 0 N–H and O–H groups in total. The summed E-state index contributed by atoms with van der Waals surface area (Å²) >= 11 is 0. The van der Waals surface area contributed by atoms with Gasteiger partial charge in [0.1, 0.15) is 12.4 Å². The van der Waals surface area contributed by atoms with Gasteiger partial charge in [0.2, 0.25) is 0 Å². The number of hydrogen-bond acceptors (Lipinski definition) is 3. The summed E-state index contributed by atoms with van der Waals surface area (Å²) in [5.41, 5.74) is 1.01. The van der Waals surface area contributed by atoms with E-state index < -0.39 is 0 Å². The second-order valence-corrected chi connectivity index (χ2v) is 7.07. The Hall–Kier alpha value is -1.84. The van der Waals surface area contributed by atoms with Crippen LogP contribution in [0.15, 0.2) is 30.3 Å². The molecule has 0 aliphatic carbocycles. The molecule has 1 aliphatic rings. The van der Waals surface area contributed by atoms with Gasteiger partial charge < -0.3 is 14.4 Å². The molecule has 1 heterocycles. The molecular weight excluding hydrogens is 314 g/mol. The number of ketones is 1. The number of carbonyl (C=O) groups excluding carboxylic acids is 2. The van der Waals surface area contributed by atoms with Crippen molar-refractivity contribution in [3.05, 3.63) is 35.9 Å². The summed E-state index contributed by atoms with van der Waals surface area (Å²) in [7, 11) is 0. The zero-order chi connectivity index (χ0) is 18.1. The molecule has 0 aromatic heterocycles. The minimum absolute atomic E-state index is 0.199. The first-order valence-corrected chi connectivity index (χ1v) is 9.60. The number of carbonyl (C=O) groups is 2.